The molecule has 2 aromatic rings. The average molecular weight is 417 g/mol. The summed E-state index contributed by atoms with van der Waals surface area (Å²) < 4.78 is 40.6. The van der Waals surface area contributed by atoms with E-state index in [4.69, 9.17) is 11.6 Å². The number of thioether (sulfide) groups is 1. The first-order valence-corrected chi connectivity index (χ1v) is 10.9. The highest BCUT2D eigenvalue weighted by atomic mass is 35.5. The van der Waals surface area contributed by atoms with E-state index in [1.54, 1.807) is 18.2 Å². The third-order valence-electron chi connectivity index (χ3n) is 3.47. The number of amides is 1. The van der Waals surface area contributed by atoms with Crippen molar-refractivity contribution in [2.45, 2.75) is 17.4 Å². The zero-order valence-corrected chi connectivity index (χ0v) is 16.3. The topological polar surface area (TPSA) is 75.3 Å². The van der Waals surface area contributed by atoms with Gasteiger partial charge in [0.25, 0.3) is 0 Å². The molecule has 0 heterocycles. The lowest BCUT2D eigenvalue weighted by Crippen LogP contribution is -2.44. The van der Waals surface area contributed by atoms with Crippen molar-refractivity contribution in [3.63, 3.8) is 0 Å². The minimum Gasteiger partial charge on any atom is -0.325 e. The molecular formula is C17H18ClFN2O3S2. The van der Waals surface area contributed by atoms with Crippen molar-refractivity contribution in [1.29, 1.82) is 0 Å². The van der Waals surface area contributed by atoms with Gasteiger partial charge in [0.15, 0.2) is 0 Å². The molecular weight excluding hydrogens is 399 g/mol. The van der Waals surface area contributed by atoms with E-state index in [0.29, 0.717) is 12.2 Å². The Morgan fingerprint density at radius 2 is 1.92 bits per heavy atom. The van der Waals surface area contributed by atoms with Gasteiger partial charge in [0.1, 0.15) is 11.9 Å². The summed E-state index contributed by atoms with van der Waals surface area (Å²) >= 11 is 7.20. The molecule has 0 aliphatic carbocycles. The molecule has 0 unspecified atom stereocenters. The second-order valence-electron chi connectivity index (χ2n) is 5.39. The SMILES string of the molecule is CSCC[C@H](NS(=O)(=O)c1ccccc1)C(=O)Nc1ccc(F)c(Cl)c1. The Labute approximate surface area is 161 Å². The van der Waals surface area contributed by atoms with Crippen LogP contribution >= 0.6 is 23.4 Å². The molecule has 0 saturated carbocycles. The molecule has 0 bridgehead atoms. The second kappa shape index (κ2) is 9.36. The van der Waals surface area contributed by atoms with Crippen molar-refractivity contribution >= 4 is 45.0 Å². The minimum atomic E-state index is -3.85. The molecule has 2 N–H and O–H groups in total. The van der Waals surface area contributed by atoms with Gasteiger partial charge < -0.3 is 5.32 Å². The van der Waals surface area contributed by atoms with E-state index in [2.05, 4.69) is 10.0 Å². The summed E-state index contributed by atoms with van der Waals surface area (Å²) in [4.78, 5) is 12.6. The van der Waals surface area contributed by atoms with Crippen LogP contribution in [0.5, 0.6) is 0 Å². The van der Waals surface area contributed by atoms with Crippen molar-refractivity contribution in [2.24, 2.45) is 0 Å². The first kappa shape index (κ1) is 20.7. The van der Waals surface area contributed by atoms with Crippen LogP contribution in [-0.4, -0.2) is 32.4 Å². The smallest absolute Gasteiger partial charge is 0.242 e. The fraction of sp³-hybridized carbons (Fsp3) is 0.235. The molecule has 5 nitrogen and oxygen atoms in total. The summed E-state index contributed by atoms with van der Waals surface area (Å²) in [6, 6.07) is 10.6. The van der Waals surface area contributed by atoms with Gasteiger partial charge in [-0.1, -0.05) is 29.8 Å². The van der Waals surface area contributed by atoms with Gasteiger partial charge in [-0.2, -0.15) is 16.5 Å². The quantitative estimate of drug-likeness (QED) is 0.690. The maximum atomic E-state index is 13.2. The van der Waals surface area contributed by atoms with Crippen molar-refractivity contribution in [2.75, 3.05) is 17.3 Å². The fourth-order valence-electron chi connectivity index (χ4n) is 2.14. The van der Waals surface area contributed by atoms with Gasteiger partial charge in [-0.05, 0) is 48.8 Å². The Bertz CT molecular complexity index is 864. The van der Waals surface area contributed by atoms with E-state index in [-0.39, 0.29) is 15.6 Å². The summed E-state index contributed by atoms with van der Waals surface area (Å²) in [5.74, 6) is -0.561. The largest absolute Gasteiger partial charge is 0.325 e. The second-order valence-corrected chi connectivity index (χ2v) is 8.49. The molecule has 9 heteroatoms. The average Bonchev–Trinajstić information content (AvgIpc) is 2.62. The first-order valence-electron chi connectivity index (χ1n) is 7.65. The molecule has 0 aliphatic heterocycles. The summed E-state index contributed by atoms with van der Waals surface area (Å²) in [6.07, 6.45) is 2.16. The summed E-state index contributed by atoms with van der Waals surface area (Å²) in [5, 5.41) is 2.44. The van der Waals surface area contributed by atoms with Gasteiger partial charge in [-0.25, -0.2) is 12.8 Å². The zero-order chi connectivity index (χ0) is 19.2. The van der Waals surface area contributed by atoms with Gasteiger partial charge >= 0.3 is 0 Å². The first-order chi connectivity index (χ1) is 12.3. The normalized spacial score (nSPS) is 12.6. The maximum Gasteiger partial charge on any atom is 0.242 e. The Morgan fingerprint density at radius 3 is 2.54 bits per heavy atom. The standard InChI is InChI=1S/C17H18ClFN2O3S2/c1-25-10-9-16(21-26(23,24)13-5-3-2-4-6-13)17(22)20-12-7-8-15(19)14(18)11-12/h2-8,11,16,21H,9-10H2,1H3,(H,20,22)/t16-/m0/s1. The molecule has 140 valence electrons. The lowest BCUT2D eigenvalue weighted by atomic mass is 10.2. The highest BCUT2D eigenvalue weighted by Crippen LogP contribution is 2.20. The summed E-state index contributed by atoms with van der Waals surface area (Å²) in [7, 11) is -3.85. The number of hydrogen-bond acceptors (Lipinski definition) is 4. The molecule has 2 aromatic carbocycles. The Balaban J connectivity index is 2.17. The number of hydrogen-bond donors (Lipinski definition) is 2. The number of rotatable bonds is 8. The molecule has 0 radical (unpaired) electrons. The highest BCUT2D eigenvalue weighted by molar-refractivity contribution is 7.98. The number of halogens is 2. The molecule has 0 aliphatic rings. The van der Waals surface area contributed by atoms with Crippen LogP contribution in [0.4, 0.5) is 10.1 Å². The number of carbonyl (C=O) groups excluding carboxylic acids is 1. The number of nitrogens with one attached hydrogen (secondary N) is 2. The van der Waals surface area contributed by atoms with Crippen LogP contribution in [0.1, 0.15) is 6.42 Å². The van der Waals surface area contributed by atoms with E-state index in [9.17, 15) is 17.6 Å². The lowest BCUT2D eigenvalue weighted by Gasteiger charge is -2.18. The monoisotopic (exact) mass is 416 g/mol. The Kier molecular flexibility index (Phi) is 7.45. The lowest BCUT2D eigenvalue weighted by molar-refractivity contribution is -0.117. The van der Waals surface area contributed by atoms with Gasteiger partial charge in [0.2, 0.25) is 15.9 Å². The van der Waals surface area contributed by atoms with E-state index < -0.39 is 27.8 Å². The van der Waals surface area contributed by atoms with Gasteiger partial charge in [-0.15, -0.1) is 0 Å². The summed E-state index contributed by atoms with van der Waals surface area (Å²) in [5.41, 5.74) is 0.287. The van der Waals surface area contributed by atoms with Crippen LogP contribution in [0, 0.1) is 5.82 Å². The van der Waals surface area contributed by atoms with Crippen LogP contribution < -0.4 is 10.0 Å². The molecule has 0 fully saturated rings. The highest BCUT2D eigenvalue weighted by Gasteiger charge is 2.25. The van der Waals surface area contributed by atoms with Crippen LogP contribution in [0.15, 0.2) is 53.4 Å². The third kappa shape index (κ3) is 5.70. The molecule has 1 atom stereocenters. The zero-order valence-electron chi connectivity index (χ0n) is 13.9. The molecule has 0 spiro atoms. The number of anilines is 1. The van der Waals surface area contributed by atoms with E-state index in [1.165, 1.54) is 36.0 Å². The molecule has 2 rings (SSSR count). The van der Waals surface area contributed by atoms with Gasteiger partial charge in [-0.3, -0.25) is 4.79 Å². The van der Waals surface area contributed by atoms with Gasteiger partial charge in [0, 0.05) is 5.69 Å². The Morgan fingerprint density at radius 1 is 1.23 bits per heavy atom. The molecule has 1 amide bonds. The van der Waals surface area contributed by atoms with Crippen molar-refractivity contribution in [3.8, 4) is 0 Å². The maximum absolute atomic E-state index is 13.2. The van der Waals surface area contributed by atoms with E-state index >= 15 is 0 Å². The number of carbonyl (C=O) groups is 1. The summed E-state index contributed by atoms with van der Waals surface area (Å²) in [6.45, 7) is 0. The van der Waals surface area contributed by atoms with Crippen LogP contribution in [-0.2, 0) is 14.8 Å². The predicted octanol–water partition coefficient (Wildman–Crippen LogP) is 3.52. The third-order valence-corrected chi connectivity index (χ3v) is 5.89. The molecule has 26 heavy (non-hydrogen) atoms. The molecule has 0 saturated heterocycles. The predicted molar refractivity (Wildman–Crippen MR) is 104 cm³/mol. The van der Waals surface area contributed by atoms with Crippen molar-refractivity contribution in [3.05, 3.63) is 59.4 Å². The van der Waals surface area contributed by atoms with Crippen LogP contribution in [0.25, 0.3) is 0 Å². The van der Waals surface area contributed by atoms with E-state index in [0.717, 1.165) is 6.07 Å². The van der Waals surface area contributed by atoms with Crippen molar-refractivity contribution in [1.82, 2.24) is 4.72 Å². The number of sulfonamides is 1. The Hall–Kier alpha value is -1.61. The van der Waals surface area contributed by atoms with Crippen molar-refractivity contribution < 1.29 is 17.6 Å². The van der Waals surface area contributed by atoms with Crippen LogP contribution in [0.2, 0.25) is 5.02 Å². The van der Waals surface area contributed by atoms with Crippen LogP contribution in [0.3, 0.4) is 0 Å². The van der Waals surface area contributed by atoms with Gasteiger partial charge in [0.05, 0.1) is 9.92 Å². The fourth-order valence-corrected chi connectivity index (χ4v) is 4.04. The minimum absolute atomic E-state index is 0.0757. The molecule has 0 aromatic heterocycles. The van der Waals surface area contributed by atoms with E-state index in [1.807, 2.05) is 6.26 Å². The number of benzene rings is 2.